The molecule has 0 spiro atoms. The molecule has 0 radical (unpaired) electrons. The van der Waals surface area contributed by atoms with Gasteiger partial charge in [0.15, 0.2) is 0 Å². The molecule has 0 saturated carbocycles. The van der Waals surface area contributed by atoms with Crippen LogP contribution in [0.5, 0.6) is 0 Å². The van der Waals surface area contributed by atoms with Gasteiger partial charge in [0.05, 0.1) is 0 Å². The summed E-state index contributed by atoms with van der Waals surface area (Å²) in [5.41, 5.74) is 0. The second kappa shape index (κ2) is 5.56. The third-order valence-electron chi connectivity index (χ3n) is 1.16. The monoisotopic (exact) mass is 130 g/mol. The Morgan fingerprint density at radius 2 is 2.22 bits per heavy atom. The normalized spacial score (nSPS) is 9.11. The van der Waals surface area contributed by atoms with Gasteiger partial charge in [-0.1, -0.05) is 19.8 Å². The summed E-state index contributed by atoms with van der Waals surface area (Å²) in [6.45, 7) is 2.79. The summed E-state index contributed by atoms with van der Waals surface area (Å²) < 4.78 is 0. The summed E-state index contributed by atoms with van der Waals surface area (Å²) in [6, 6.07) is 0. The molecule has 3 heteroatoms. The number of rotatable bonds is 5. The fraction of sp³-hybridized carbons (Fsp3) is 0.833. The standard InChI is InChI=1S/C6H14N2O/c1-2-3-4-5-8(7)6-9/h6H,2-5,7H2,1H3. The van der Waals surface area contributed by atoms with Crippen molar-refractivity contribution >= 4 is 6.41 Å². The molecule has 0 aromatic heterocycles. The number of carbonyl (C=O) groups is 1. The van der Waals surface area contributed by atoms with Gasteiger partial charge in [0.25, 0.3) is 0 Å². The lowest BCUT2D eigenvalue weighted by molar-refractivity contribution is -0.118. The van der Waals surface area contributed by atoms with Crippen molar-refractivity contribution in [2.75, 3.05) is 6.54 Å². The van der Waals surface area contributed by atoms with E-state index in [1.165, 1.54) is 5.01 Å². The first-order valence-corrected chi connectivity index (χ1v) is 3.28. The molecule has 0 unspecified atom stereocenters. The van der Waals surface area contributed by atoms with E-state index < -0.39 is 0 Å². The molecule has 0 fully saturated rings. The Bertz CT molecular complexity index is 75.5. The predicted molar refractivity (Wildman–Crippen MR) is 36.5 cm³/mol. The molecule has 0 aliphatic carbocycles. The van der Waals surface area contributed by atoms with Crippen molar-refractivity contribution in [2.24, 2.45) is 5.84 Å². The second-order valence-corrected chi connectivity index (χ2v) is 2.05. The van der Waals surface area contributed by atoms with Crippen LogP contribution >= 0.6 is 0 Å². The summed E-state index contributed by atoms with van der Waals surface area (Å²) in [7, 11) is 0. The molecule has 1 amide bonds. The number of hydrazine groups is 1. The quantitative estimate of drug-likeness (QED) is 0.194. The number of hydrogen-bond donors (Lipinski definition) is 1. The number of nitrogens with zero attached hydrogens (tertiary/aromatic N) is 1. The van der Waals surface area contributed by atoms with Crippen molar-refractivity contribution in [3.05, 3.63) is 0 Å². The molecule has 9 heavy (non-hydrogen) atoms. The molecule has 2 N–H and O–H groups in total. The van der Waals surface area contributed by atoms with E-state index in [-0.39, 0.29) is 0 Å². The molecule has 0 aliphatic rings. The minimum Gasteiger partial charge on any atom is -0.283 e. The molecule has 54 valence electrons. The Hall–Kier alpha value is -0.570. The number of nitrogens with two attached hydrogens (primary N) is 1. The van der Waals surface area contributed by atoms with Crippen LogP contribution in [0.4, 0.5) is 0 Å². The summed E-state index contributed by atoms with van der Waals surface area (Å²) in [5.74, 6) is 5.18. The largest absolute Gasteiger partial charge is 0.283 e. The van der Waals surface area contributed by atoms with Crippen LogP contribution in [0.2, 0.25) is 0 Å². The van der Waals surface area contributed by atoms with Crippen molar-refractivity contribution in [3.8, 4) is 0 Å². The van der Waals surface area contributed by atoms with E-state index in [0.29, 0.717) is 13.0 Å². The Kier molecular flexibility index (Phi) is 5.21. The summed E-state index contributed by atoms with van der Waals surface area (Å²) in [6.07, 6.45) is 3.95. The van der Waals surface area contributed by atoms with Gasteiger partial charge in [0.1, 0.15) is 0 Å². The van der Waals surface area contributed by atoms with Crippen LogP contribution in [0.25, 0.3) is 0 Å². The van der Waals surface area contributed by atoms with Gasteiger partial charge in [-0.25, -0.2) is 5.84 Å². The fourth-order valence-corrected chi connectivity index (χ4v) is 0.597. The van der Waals surface area contributed by atoms with E-state index in [4.69, 9.17) is 5.84 Å². The summed E-state index contributed by atoms with van der Waals surface area (Å²) >= 11 is 0. The van der Waals surface area contributed by atoms with Crippen molar-refractivity contribution in [1.29, 1.82) is 0 Å². The highest BCUT2D eigenvalue weighted by molar-refractivity contribution is 5.45. The number of amides is 1. The van der Waals surface area contributed by atoms with Crippen LogP contribution in [0.3, 0.4) is 0 Å². The first kappa shape index (κ1) is 8.43. The van der Waals surface area contributed by atoms with E-state index in [1.54, 1.807) is 0 Å². The maximum Gasteiger partial charge on any atom is 0.223 e. The van der Waals surface area contributed by atoms with Crippen molar-refractivity contribution < 1.29 is 4.79 Å². The predicted octanol–water partition coefficient (Wildman–Crippen LogP) is 0.509. The minimum absolute atomic E-state index is 0.648. The van der Waals surface area contributed by atoms with Gasteiger partial charge in [-0.05, 0) is 6.42 Å². The second-order valence-electron chi connectivity index (χ2n) is 2.05. The zero-order valence-electron chi connectivity index (χ0n) is 5.84. The lowest BCUT2D eigenvalue weighted by Gasteiger charge is -2.07. The van der Waals surface area contributed by atoms with Crippen molar-refractivity contribution in [2.45, 2.75) is 26.2 Å². The number of carbonyl (C=O) groups excluding carboxylic acids is 1. The lowest BCUT2D eigenvalue weighted by atomic mass is 10.2. The molecule has 0 saturated heterocycles. The first-order valence-electron chi connectivity index (χ1n) is 3.28. The third-order valence-corrected chi connectivity index (χ3v) is 1.16. The molecule has 0 aromatic carbocycles. The molecule has 0 aromatic rings. The fourth-order valence-electron chi connectivity index (χ4n) is 0.597. The summed E-state index contributed by atoms with van der Waals surface area (Å²) in [4.78, 5) is 9.90. The molecular weight excluding hydrogens is 116 g/mol. The average molecular weight is 130 g/mol. The SMILES string of the molecule is CCCCCN(N)C=O. The van der Waals surface area contributed by atoms with Crippen LogP contribution in [0.15, 0.2) is 0 Å². The van der Waals surface area contributed by atoms with Gasteiger partial charge < -0.3 is 0 Å². The van der Waals surface area contributed by atoms with Crippen LogP contribution in [0, 0.1) is 0 Å². The van der Waals surface area contributed by atoms with E-state index in [1.807, 2.05) is 0 Å². The molecule has 0 rings (SSSR count). The van der Waals surface area contributed by atoms with Gasteiger partial charge in [-0.15, -0.1) is 0 Å². The number of unbranched alkanes of at least 4 members (excludes halogenated alkanes) is 2. The van der Waals surface area contributed by atoms with Crippen molar-refractivity contribution in [1.82, 2.24) is 5.01 Å². The Morgan fingerprint density at radius 1 is 1.56 bits per heavy atom. The average Bonchev–Trinajstić information content (AvgIpc) is 1.89. The molecule has 3 nitrogen and oxygen atoms in total. The van der Waals surface area contributed by atoms with Crippen LogP contribution in [-0.2, 0) is 4.79 Å². The Balaban J connectivity index is 2.96. The Morgan fingerprint density at radius 3 is 2.67 bits per heavy atom. The molecule has 0 aliphatic heterocycles. The maximum atomic E-state index is 9.90. The minimum atomic E-state index is 0.648. The van der Waals surface area contributed by atoms with Crippen LogP contribution < -0.4 is 5.84 Å². The zero-order chi connectivity index (χ0) is 7.11. The third kappa shape index (κ3) is 5.30. The van der Waals surface area contributed by atoms with Gasteiger partial charge in [-0.3, -0.25) is 9.80 Å². The van der Waals surface area contributed by atoms with E-state index >= 15 is 0 Å². The van der Waals surface area contributed by atoms with Gasteiger partial charge in [-0.2, -0.15) is 0 Å². The van der Waals surface area contributed by atoms with E-state index in [0.717, 1.165) is 19.3 Å². The van der Waals surface area contributed by atoms with E-state index in [2.05, 4.69) is 6.92 Å². The molecular formula is C6H14N2O. The van der Waals surface area contributed by atoms with Crippen molar-refractivity contribution in [3.63, 3.8) is 0 Å². The zero-order valence-corrected chi connectivity index (χ0v) is 5.84. The molecule has 0 atom stereocenters. The number of hydrogen-bond acceptors (Lipinski definition) is 2. The van der Waals surface area contributed by atoms with Crippen LogP contribution in [0.1, 0.15) is 26.2 Å². The summed E-state index contributed by atoms with van der Waals surface area (Å²) in [5, 5.41) is 1.18. The highest BCUT2D eigenvalue weighted by Crippen LogP contribution is 1.92. The lowest BCUT2D eigenvalue weighted by Crippen LogP contribution is -2.30. The smallest absolute Gasteiger partial charge is 0.223 e. The van der Waals surface area contributed by atoms with Gasteiger partial charge >= 0.3 is 0 Å². The van der Waals surface area contributed by atoms with Crippen LogP contribution in [-0.4, -0.2) is 18.0 Å². The van der Waals surface area contributed by atoms with E-state index in [9.17, 15) is 4.79 Å². The highest BCUT2D eigenvalue weighted by atomic mass is 16.1. The highest BCUT2D eigenvalue weighted by Gasteiger charge is 1.90. The van der Waals surface area contributed by atoms with Gasteiger partial charge in [0, 0.05) is 6.54 Å². The Labute approximate surface area is 55.8 Å². The molecule has 0 bridgehead atoms. The molecule has 0 heterocycles. The first-order chi connectivity index (χ1) is 4.31. The maximum absolute atomic E-state index is 9.90. The van der Waals surface area contributed by atoms with Gasteiger partial charge in [0.2, 0.25) is 6.41 Å². The topological polar surface area (TPSA) is 46.3 Å².